The third-order valence-corrected chi connectivity index (χ3v) is 4.40. The van der Waals surface area contributed by atoms with E-state index in [-0.39, 0.29) is 17.8 Å². The largest absolute Gasteiger partial charge is 0.470 e. The summed E-state index contributed by atoms with van der Waals surface area (Å²) in [6.45, 7) is 2.13. The molecule has 0 atom stereocenters. The van der Waals surface area contributed by atoms with Crippen LogP contribution in [-0.4, -0.2) is 41.3 Å². The zero-order valence-corrected chi connectivity index (χ0v) is 14.1. The lowest BCUT2D eigenvalue weighted by Crippen LogP contribution is -2.32. The monoisotopic (exact) mass is 369 g/mol. The van der Waals surface area contributed by atoms with Gasteiger partial charge in [0.15, 0.2) is 0 Å². The van der Waals surface area contributed by atoms with Gasteiger partial charge in [-0.2, -0.15) is 13.2 Å². The summed E-state index contributed by atoms with van der Waals surface area (Å²) in [6.07, 6.45) is -3.30. The first-order valence-electron chi connectivity index (χ1n) is 8.17. The van der Waals surface area contributed by atoms with E-state index in [0.29, 0.717) is 38.0 Å². The summed E-state index contributed by atoms with van der Waals surface area (Å²) in [4.78, 5) is 13.6. The summed E-state index contributed by atoms with van der Waals surface area (Å²) in [6, 6.07) is 7.16. The van der Waals surface area contributed by atoms with Crippen LogP contribution in [0.1, 0.15) is 46.5 Å². The van der Waals surface area contributed by atoms with Crippen molar-refractivity contribution in [1.82, 2.24) is 15.1 Å². The number of aromatic nitrogens is 2. The molecule has 0 spiro atoms. The molecule has 1 aromatic carbocycles. The number of nitrogens with zero attached hydrogens (tertiary/aromatic N) is 3. The molecule has 26 heavy (non-hydrogen) atoms. The molecule has 1 saturated heterocycles. The molecule has 2 heterocycles. The van der Waals surface area contributed by atoms with Crippen LogP contribution in [0.15, 0.2) is 28.7 Å². The molecule has 1 aliphatic rings. The van der Waals surface area contributed by atoms with Crippen molar-refractivity contribution in [1.29, 1.82) is 0 Å². The Morgan fingerprint density at radius 3 is 2.42 bits per heavy atom. The molecule has 140 valence electrons. The van der Waals surface area contributed by atoms with Crippen molar-refractivity contribution in [2.24, 2.45) is 0 Å². The normalized spacial score (nSPS) is 16.6. The molecule has 9 heteroatoms. The third kappa shape index (κ3) is 4.21. The van der Waals surface area contributed by atoms with Crippen LogP contribution in [0.3, 0.4) is 0 Å². The SMILES string of the molecule is COC(=O)c1ccc(CN2CCC(c3nnc(C(F)(F)F)o3)CC2)cc1. The standard InChI is InChI=1S/C17H18F3N3O3/c1-25-15(24)13-4-2-11(3-5-13)10-23-8-6-12(7-9-23)14-21-22-16(26-14)17(18,19)20/h2-5,12H,6-10H2,1H3. The van der Waals surface area contributed by atoms with E-state index in [1.165, 1.54) is 7.11 Å². The number of methoxy groups -OCH3 is 1. The first kappa shape index (κ1) is 18.4. The highest BCUT2D eigenvalue weighted by Gasteiger charge is 2.39. The van der Waals surface area contributed by atoms with Gasteiger partial charge in [-0.05, 0) is 43.6 Å². The molecule has 3 rings (SSSR count). The minimum atomic E-state index is -4.61. The van der Waals surface area contributed by atoms with Gasteiger partial charge in [0.2, 0.25) is 5.89 Å². The molecule has 0 aliphatic carbocycles. The van der Waals surface area contributed by atoms with Crippen molar-refractivity contribution in [3.63, 3.8) is 0 Å². The van der Waals surface area contributed by atoms with Crippen molar-refractivity contribution < 1.29 is 27.1 Å². The van der Waals surface area contributed by atoms with E-state index in [9.17, 15) is 18.0 Å². The van der Waals surface area contributed by atoms with Crippen LogP contribution < -0.4 is 0 Å². The molecule has 0 saturated carbocycles. The second kappa shape index (κ2) is 7.45. The van der Waals surface area contributed by atoms with Crippen LogP contribution in [-0.2, 0) is 17.5 Å². The van der Waals surface area contributed by atoms with Gasteiger partial charge in [-0.15, -0.1) is 10.2 Å². The highest BCUT2D eigenvalue weighted by Crippen LogP contribution is 2.32. The number of carbonyl (C=O) groups is 1. The van der Waals surface area contributed by atoms with E-state index in [4.69, 9.17) is 4.42 Å². The number of hydrogen-bond donors (Lipinski definition) is 0. The van der Waals surface area contributed by atoms with Crippen molar-refractivity contribution in [3.05, 3.63) is 47.2 Å². The van der Waals surface area contributed by atoms with Gasteiger partial charge in [-0.3, -0.25) is 4.90 Å². The Morgan fingerprint density at radius 2 is 1.88 bits per heavy atom. The number of ether oxygens (including phenoxy) is 1. The smallest absolute Gasteiger partial charge is 0.465 e. The molecule has 1 aromatic heterocycles. The molecule has 1 aliphatic heterocycles. The van der Waals surface area contributed by atoms with Crippen LogP contribution in [0, 0.1) is 0 Å². The lowest BCUT2D eigenvalue weighted by molar-refractivity contribution is -0.157. The minimum Gasteiger partial charge on any atom is -0.465 e. The fraction of sp³-hybridized carbons (Fsp3) is 0.471. The highest BCUT2D eigenvalue weighted by molar-refractivity contribution is 5.89. The fourth-order valence-corrected chi connectivity index (χ4v) is 2.97. The Labute approximate surface area is 148 Å². The molecule has 1 fully saturated rings. The van der Waals surface area contributed by atoms with Crippen molar-refractivity contribution in [3.8, 4) is 0 Å². The summed E-state index contributed by atoms with van der Waals surface area (Å²) in [5.74, 6) is -1.77. The zero-order chi connectivity index (χ0) is 18.7. The zero-order valence-electron chi connectivity index (χ0n) is 14.1. The van der Waals surface area contributed by atoms with Gasteiger partial charge in [-0.25, -0.2) is 4.79 Å². The number of piperidine rings is 1. The van der Waals surface area contributed by atoms with Crippen LogP contribution in [0.2, 0.25) is 0 Å². The maximum absolute atomic E-state index is 12.5. The molecule has 2 aromatic rings. The second-order valence-corrected chi connectivity index (χ2v) is 6.18. The van der Waals surface area contributed by atoms with Crippen LogP contribution in [0.4, 0.5) is 13.2 Å². The maximum Gasteiger partial charge on any atom is 0.470 e. The van der Waals surface area contributed by atoms with Crippen LogP contribution in [0.5, 0.6) is 0 Å². The average Bonchev–Trinajstić information content (AvgIpc) is 3.13. The highest BCUT2D eigenvalue weighted by atomic mass is 19.4. The molecule has 0 amide bonds. The van der Waals surface area contributed by atoms with E-state index in [0.717, 1.165) is 5.56 Å². The van der Waals surface area contributed by atoms with Crippen molar-refractivity contribution in [2.45, 2.75) is 31.5 Å². The molecule has 0 radical (unpaired) electrons. The van der Waals surface area contributed by atoms with Crippen LogP contribution >= 0.6 is 0 Å². The Hall–Kier alpha value is -2.42. The summed E-state index contributed by atoms with van der Waals surface area (Å²) in [7, 11) is 1.33. The third-order valence-electron chi connectivity index (χ3n) is 4.40. The van der Waals surface area contributed by atoms with Crippen LogP contribution in [0.25, 0.3) is 0 Å². The maximum atomic E-state index is 12.5. The molecular formula is C17H18F3N3O3. The number of likely N-dealkylation sites (tertiary alicyclic amines) is 1. The van der Waals surface area contributed by atoms with Crippen molar-refractivity contribution >= 4 is 5.97 Å². The van der Waals surface area contributed by atoms with Gasteiger partial charge in [0.1, 0.15) is 0 Å². The number of benzene rings is 1. The second-order valence-electron chi connectivity index (χ2n) is 6.18. The fourth-order valence-electron chi connectivity index (χ4n) is 2.97. The predicted octanol–water partition coefficient (Wildman–Crippen LogP) is 3.25. The Kier molecular flexibility index (Phi) is 5.26. The minimum absolute atomic E-state index is 0.0550. The number of hydrogen-bond acceptors (Lipinski definition) is 6. The summed E-state index contributed by atoms with van der Waals surface area (Å²) >= 11 is 0. The first-order valence-corrected chi connectivity index (χ1v) is 8.17. The Balaban J connectivity index is 1.54. The van der Waals surface area contributed by atoms with Gasteiger partial charge < -0.3 is 9.15 Å². The Bertz CT molecular complexity index is 751. The topological polar surface area (TPSA) is 68.5 Å². The number of rotatable bonds is 4. The van der Waals surface area contributed by atoms with Gasteiger partial charge in [-0.1, -0.05) is 12.1 Å². The molecular weight excluding hydrogens is 351 g/mol. The Morgan fingerprint density at radius 1 is 1.23 bits per heavy atom. The predicted molar refractivity (Wildman–Crippen MR) is 84.3 cm³/mol. The summed E-state index contributed by atoms with van der Waals surface area (Å²) in [5.41, 5.74) is 1.54. The first-order chi connectivity index (χ1) is 12.4. The quantitative estimate of drug-likeness (QED) is 0.771. The van der Waals surface area contributed by atoms with Gasteiger partial charge in [0.05, 0.1) is 12.7 Å². The van der Waals surface area contributed by atoms with E-state index in [2.05, 4.69) is 19.8 Å². The average molecular weight is 369 g/mol. The number of halogens is 3. The van der Waals surface area contributed by atoms with Crippen molar-refractivity contribution in [2.75, 3.05) is 20.2 Å². The summed E-state index contributed by atoms with van der Waals surface area (Å²) < 4.78 is 47.1. The summed E-state index contributed by atoms with van der Waals surface area (Å²) in [5, 5.41) is 6.64. The molecule has 6 nitrogen and oxygen atoms in total. The van der Waals surface area contributed by atoms with Gasteiger partial charge in [0, 0.05) is 12.5 Å². The number of carbonyl (C=O) groups excluding carboxylic acids is 1. The van der Waals surface area contributed by atoms with E-state index in [1.807, 2.05) is 12.1 Å². The molecule has 0 N–H and O–H groups in total. The molecule has 0 unspecified atom stereocenters. The van der Waals surface area contributed by atoms with Gasteiger partial charge in [0.25, 0.3) is 0 Å². The lowest BCUT2D eigenvalue weighted by atomic mass is 9.96. The lowest BCUT2D eigenvalue weighted by Gasteiger charge is -2.30. The molecule has 0 bridgehead atoms. The number of alkyl halides is 3. The van der Waals surface area contributed by atoms with E-state index < -0.39 is 12.1 Å². The number of esters is 1. The van der Waals surface area contributed by atoms with E-state index >= 15 is 0 Å². The van der Waals surface area contributed by atoms with Gasteiger partial charge >= 0.3 is 18.0 Å². The van der Waals surface area contributed by atoms with E-state index in [1.54, 1.807) is 12.1 Å².